The van der Waals surface area contributed by atoms with Crippen LogP contribution in [-0.4, -0.2) is 11.7 Å². The first-order valence-corrected chi connectivity index (χ1v) is 5.98. The monoisotopic (exact) mass is 263 g/mol. The Bertz CT molecular complexity index is 619. The Morgan fingerprint density at radius 2 is 2.11 bits per heavy atom. The number of pyridine rings is 1. The van der Waals surface area contributed by atoms with E-state index < -0.39 is 0 Å². The number of benzene rings is 1. The molecule has 94 valence electrons. The van der Waals surface area contributed by atoms with E-state index in [0.29, 0.717) is 11.6 Å². The molecule has 0 atom stereocenters. The van der Waals surface area contributed by atoms with Gasteiger partial charge in [-0.25, -0.2) is 0 Å². The highest BCUT2D eigenvalue weighted by Crippen LogP contribution is 2.22. The van der Waals surface area contributed by atoms with Crippen LogP contribution in [0.3, 0.4) is 0 Å². The number of rotatable bonds is 3. The van der Waals surface area contributed by atoms with Crippen LogP contribution in [0.15, 0.2) is 41.3 Å². The van der Waals surface area contributed by atoms with Gasteiger partial charge in [0.15, 0.2) is 0 Å². The summed E-state index contributed by atoms with van der Waals surface area (Å²) >= 11 is 6.12. The molecule has 4 heteroatoms. The van der Waals surface area contributed by atoms with Crippen LogP contribution in [0.5, 0.6) is 5.75 Å². The van der Waals surface area contributed by atoms with Crippen LogP contribution in [0.1, 0.15) is 11.1 Å². The molecule has 0 N–H and O–H groups in total. The van der Waals surface area contributed by atoms with Crippen molar-refractivity contribution in [3.63, 3.8) is 0 Å². The average Bonchev–Trinajstić information content (AvgIpc) is 2.37. The van der Waals surface area contributed by atoms with E-state index in [1.807, 2.05) is 12.1 Å². The Morgan fingerprint density at radius 3 is 2.83 bits per heavy atom. The van der Waals surface area contributed by atoms with Crippen molar-refractivity contribution >= 4 is 11.6 Å². The molecule has 0 aliphatic heterocycles. The minimum atomic E-state index is -0.00335. The molecule has 1 heterocycles. The topological polar surface area (TPSA) is 31.2 Å². The summed E-state index contributed by atoms with van der Waals surface area (Å²) in [5, 5.41) is 0.629. The summed E-state index contributed by atoms with van der Waals surface area (Å²) in [5.74, 6) is 0.732. The summed E-state index contributed by atoms with van der Waals surface area (Å²) in [7, 11) is 1.60. The number of hydrogen-bond donors (Lipinski definition) is 0. The van der Waals surface area contributed by atoms with Crippen LogP contribution in [0.4, 0.5) is 0 Å². The van der Waals surface area contributed by atoms with Gasteiger partial charge in [-0.05, 0) is 36.8 Å². The highest BCUT2D eigenvalue weighted by molar-refractivity contribution is 6.31. The fourth-order valence-corrected chi connectivity index (χ4v) is 1.94. The first kappa shape index (κ1) is 12.7. The Hall–Kier alpha value is -1.74. The van der Waals surface area contributed by atoms with E-state index >= 15 is 0 Å². The smallest absolute Gasteiger partial charge is 0.253 e. The number of halogens is 1. The number of aryl methyl sites for hydroxylation is 1. The molecule has 0 spiro atoms. The zero-order chi connectivity index (χ0) is 13.1. The van der Waals surface area contributed by atoms with E-state index in [2.05, 4.69) is 0 Å². The van der Waals surface area contributed by atoms with Crippen LogP contribution in [-0.2, 0) is 6.54 Å². The lowest BCUT2D eigenvalue weighted by molar-refractivity contribution is 0.414. The lowest BCUT2D eigenvalue weighted by Gasteiger charge is -2.09. The highest BCUT2D eigenvalue weighted by Gasteiger charge is 2.05. The minimum Gasteiger partial charge on any atom is -0.497 e. The van der Waals surface area contributed by atoms with Gasteiger partial charge in [-0.1, -0.05) is 17.7 Å². The largest absolute Gasteiger partial charge is 0.497 e. The molecule has 1 aromatic carbocycles. The third-order valence-corrected chi connectivity index (χ3v) is 3.17. The van der Waals surface area contributed by atoms with E-state index in [9.17, 15) is 4.79 Å². The Balaban J connectivity index is 2.39. The quantitative estimate of drug-likeness (QED) is 0.853. The van der Waals surface area contributed by atoms with Crippen molar-refractivity contribution < 1.29 is 4.74 Å². The normalized spacial score (nSPS) is 10.4. The molecule has 2 aromatic rings. The second kappa shape index (κ2) is 5.27. The van der Waals surface area contributed by atoms with Crippen LogP contribution < -0.4 is 10.3 Å². The maximum atomic E-state index is 11.9. The zero-order valence-electron chi connectivity index (χ0n) is 10.3. The van der Waals surface area contributed by atoms with E-state index in [1.54, 1.807) is 43.0 Å². The van der Waals surface area contributed by atoms with Crippen LogP contribution >= 0.6 is 11.6 Å². The van der Waals surface area contributed by atoms with E-state index in [-0.39, 0.29) is 5.56 Å². The van der Waals surface area contributed by atoms with Crippen molar-refractivity contribution in [2.45, 2.75) is 13.5 Å². The van der Waals surface area contributed by atoms with Gasteiger partial charge in [0.25, 0.3) is 5.56 Å². The number of hydrogen-bond acceptors (Lipinski definition) is 2. The van der Waals surface area contributed by atoms with Gasteiger partial charge in [0.1, 0.15) is 5.75 Å². The molecule has 0 fully saturated rings. The first-order valence-electron chi connectivity index (χ1n) is 5.60. The van der Waals surface area contributed by atoms with Crippen molar-refractivity contribution in [3.8, 4) is 5.75 Å². The predicted octanol–water partition coefficient (Wildman–Crippen LogP) is 2.87. The molecule has 0 unspecified atom stereocenters. The Kier molecular flexibility index (Phi) is 3.72. The van der Waals surface area contributed by atoms with Crippen LogP contribution in [0.2, 0.25) is 5.02 Å². The Labute approximate surface area is 111 Å². The summed E-state index contributed by atoms with van der Waals surface area (Å²) < 4.78 is 6.79. The van der Waals surface area contributed by atoms with Crippen molar-refractivity contribution in [2.75, 3.05) is 7.11 Å². The van der Waals surface area contributed by atoms with Gasteiger partial charge < -0.3 is 9.30 Å². The summed E-state index contributed by atoms with van der Waals surface area (Å²) in [4.78, 5) is 11.9. The van der Waals surface area contributed by atoms with Crippen molar-refractivity contribution in [1.29, 1.82) is 0 Å². The van der Waals surface area contributed by atoms with Crippen LogP contribution in [0, 0.1) is 6.92 Å². The zero-order valence-corrected chi connectivity index (χ0v) is 11.1. The van der Waals surface area contributed by atoms with Gasteiger partial charge in [0, 0.05) is 16.8 Å². The van der Waals surface area contributed by atoms with Gasteiger partial charge in [-0.3, -0.25) is 4.79 Å². The fourth-order valence-electron chi connectivity index (χ4n) is 1.76. The fraction of sp³-hybridized carbons (Fsp3) is 0.214. The molecular formula is C14H14ClNO2. The van der Waals surface area contributed by atoms with Gasteiger partial charge >= 0.3 is 0 Å². The van der Waals surface area contributed by atoms with Gasteiger partial charge in [-0.2, -0.15) is 0 Å². The number of aromatic nitrogens is 1. The molecule has 0 amide bonds. The third kappa shape index (κ3) is 2.57. The first-order chi connectivity index (χ1) is 8.61. The number of ether oxygens (including phenoxy) is 1. The number of nitrogens with zero attached hydrogens (tertiary/aromatic N) is 1. The molecule has 0 aliphatic rings. The van der Waals surface area contributed by atoms with Crippen molar-refractivity contribution in [2.24, 2.45) is 0 Å². The van der Waals surface area contributed by atoms with E-state index in [4.69, 9.17) is 16.3 Å². The lowest BCUT2D eigenvalue weighted by Crippen LogP contribution is -2.21. The average molecular weight is 264 g/mol. The molecule has 0 saturated carbocycles. The summed E-state index contributed by atoms with van der Waals surface area (Å²) in [5.41, 5.74) is 1.58. The summed E-state index contributed by atoms with van der Waals surface area (Å²) in [6.07, 6.45) is 1.76. The van der Waals surface area contributed by atoms with E-state index in [0.717, 1.165) is 16.9 Å². The number of methoxy groups -OCH3 is 1. The molecule has 18 heavy (non-hydrogen) atoms. The second-order valence-corrected chi connectivity index (χ2v) is 4.49. The highest BCUT2D eigenvalue weighted by atomic mass is 35.5. The lowest BCUT2D eigenvalue weighted by atomic mass is 10.2. The molecule has 0 bridgehead atoms. The maximum Gasteiger partial charge on any atom is 0.253 e. The Morgan fingerprint density at radius 1 is 1.33 bits per heavy atom. The predicted molar refractivity (Wildman–Crippen MR) is 72.5 cm³/mol. The van der Waals surface area contributed by atoms with E-state index in [1.165, 1.54) is 0 Å². The standard InChI is InChI=1S/C14H14ClNO2/c1-10-4-3-7-16(14(10)17)9-11-8-12(18-2)5-6-13(11)15/h3-8H,9H2,1-2H3. The second-order valence-electron chi connectivity index (χ2n) is 4.08. The SMILES string of the molecule is COc1ccc(Cl)c(Cn2cccc(C)c2=O)c1. The molecule has 0 aliphatic carbocycles. The molecule has 3 nitrogen and oxygen atoms in total. The van der Waals surface area contributed by atoms with Crippen LogP contribution in [0.25, 0.3) is 0 Å². The third-order valence-electron chi connectivity index (χ3n) is 2.80. The van der Waals surface area contributed by atoms with Crippen molar-refractivity contribution in [1.82, 2.24) is 4.57 Å². The molecule has 0 radical (unpaired) electrons. The molecule has 2 rings (SSSR count). The molecular weight excluding hydrogens is 250 g/mol. The summed E-state index contributed by atoms with van der Waals surface area (Å²) in [6.45, 7) is 2.24. The minimum absolute atomic E-state index is 0.00335. The summed E-state index contributed by atoms with van der Waals surface area (Å²) in [6, 6.07) is 9.06. The molecule has 1 aromatic heterocycles. The maximum absolute atomic E-state index is 11.9. The molecule has 0 saturated heterocycles. The van der Waals surface area contributed by atoms with Gasteiger partial charge in [0.05, 0.1) is 13.7 Å². The van der Waals surface area contributed by atoms with Crippen molar-refractivity contribution in [3.05, 3.63) is 63.0 Å². The van der Waals surface area contributed by atoms with Gasteiger partial charge in [0.2, 0.25) is 0 Å². The van der Waals surface area contributed by atoms with Gasteiger partial charge in [-0.15, -0.1) is 0 Å².